The molecule has 0 heterocycles. The van der Waals surface area contributed by atoms with E-state index in [9.17, 15) is 18.0 Å². The third kappa shape index (κ3) is 3.22. The second-order valence-electron chi connectivity index (χ2n) is 3.76. The van der Waals surface area contributed by atoms with Crippen LogP contribution in [0.1, 0.15) is 30.4 Å². The van der Waals surface area contributed by atoms with E-state index in [0.717, 1.165) is 18.4 Å². The van der Waals surface area contributed by atoms with Crippen molar-refractivity contribution in [3.05, 3.63) is 29.3 Å². The Morgan fingerprint density at radius 1 is 1.41 bits per heavy atom. The van der Waals surface area contributed by atoms with Crippen LogP contribution in [0.5, 0.6) is 5.75 Å². The van der Waals surface area contributed by atoms with Crippen molar-refractivity contribution in [1.29, 1.82) is 0 Å². The predicted molar refractivity (Wildman–Crippen MR) is 57.1 cm³/mol. The number of methoxy groups -OCH3 is 1. The minimum absolute atomic E-state index is 0.161. The topological polar surface area (TPSA) is 26.3 Å². The van der Waals surface area contributed by atoms with Gasteiger partial charge in [-0.25, -0.2) is 0 Å². The highest BCUT2D eigenvalue weighted by Gasteiger charge is 2.31. The van der Waals surface area contributed by atoms with Crippen LogP contribution in [0.4, 0.5) is 13.2 Å². The summed E-state index contributed by atoms with van der Waals surface area (Å²) in [4.78, 5) is 10.4. The van der Waals surface area contributed by atoms with Gasteiger partial charge >= 0.3 is 6.18 Å². The summed E-state index contributed by atoms with van der Waals surface area (Å²) in [6.07, 6.45) is -3.40. The van der Waals surface area contributed by atoms with Gasteiger partial charge in [0.1, 0.15) is 12.0 Å². The van der Waals surface area contributed by atoms with Gasteiger partial charge in [0.15, 0.2) is 0 Å². The number of carbonyl (C=O) groups is 1. The van der Waals surface area contributed by atoms with E-state index in [1.54, 1.807) is 6.92 Å². The van der Waals surface area contributed by atoms with Gasteiger partial charge < -0.3 is 9.53 Å². The summed E-state index contributed by atoms with van der Waals surface area (Å²) < 4.78 is 42.4. The number of benzene rings is 1. The average Bonchev–Trinajstić information content (AvgIpc) is 2.27. The summed E-state index contributed by atoms with van der Waals surface area (Å²) >= 11 is 0. The minimum atomic E-state index is -4.39. The molecule has 17 heavy (non-hydrogen) atoms. The van der Waals surface area contributed by atoms with Gasteiger partial charge in [0.25, 0.3) is 0 Å². The number of carbonyl (C=O) groups excluding carboxylic acids is 1. The van der Waals surface area contributed by atoms with Crippen molar-refractivity contribution in [3.8, 4) is 5.75 Å². The van der Waals surface area contributed by atoms with Gasteiger partial charge in [-0.15, -0.1) is 0 Å². The summed E-state index contributed by atoms with van der Waals surface area (Å²) in [6, 6.07) is 3.31. The lowest BCUT2D eigenvalue weighted by Crippen LogP contribution is -2.07. The van der Waals surface area contributed by atoms with E-state index in [2.05, 4.69) is 0 Å². The van der Waals surface area contributed by atoms with Crippen molar-refractivity contribution in [2.24, 2.45) is 0 Å². The van der Waals surface area contributed by atoms with Crippen LogP contribution >= 0.6 is 0 Å². The van der Waals surface area contributed by atoms with Gasteiger partial charge in [0.05, 0.1) is 12.7 Å². The highest BCUT2D eigenvalue weighted by molar-refractivity contribution is 5.53. The van der Waals surface area contributed by atoms with Crippen LogP contribution in [0.2, 0.25) is 0 Å². The summed E-state index contributed by atoms with van der Waals surface area (Å²) in [5, 5.41) is 0. The van der Waals surface area contributed by atoms with Crippen molar-refractivity contribution in [3.63, 3.8) is 0 Å². The molecule has 0 aromatic heterocycles. The fourth-order valence-electron chi connectivity index (χ4n) is 1.57. The summed E-state index contributed by atoms with van der Waals surface area (Å²) in [7, 11) is 1.31. The first-order valence-corrected chi connectivity index (χ1v) is 5.09. The van der Waals surface area contributed by atoms with Crippen LogP contribution in [0, 0.1) is 0 Å². The van der Waals surface area contributed by atoms with Crippen molar-refractivity contribution < 1.29 is 22.7 Å². The zero-order valence-corrected chi connectivity index (χ0v) is 9.54. The van der Waals surface area contributed by atoms with Gasteiger partial charge in [0.2, 0.25) is 0 Å². The van der Waals surface area contributed by atoms with Crippen molar-refractivity contribution in [1.82, 2.24) is 0 Å². The van der Waals surface area contributed by atoms with Gasteiger partial charge in [-0.2, -0.15) is 13.2 Å². The van der Waals surface area contributed by atoms with Crippen LogP contribution in [0.15, 0.2) is 18.2 Å². The van der Waals surface area contributed by atoms with Crippen LogP contribution in [0.25, 0.3) is 0 Å². The van der Waals surface area contributed by atoms with Crippen LogP contribution in [-0.2, 0) is 11.0 Å². The molecule has 0 N–H and O–H groups in total. The minimum Gasteiger partial charge on any atom is -0.496 e. The Kier molecular flexibility index (Phi) is 4.15. The number of hydrogen-bond donors (Lipinski definition) is 0. The maximum absolute atomic E-state index is 12.5. The van der Waals surface area contributed by atoms with E-state index >= 15 is 0 Å². The third-order valence-electron chi connectivity index (χ3n) is 2.54. The average molecular weight is 246 g/mol. The lowest BCUT2D eigenvalue weighted by Gasteiger charge is -2.15. The van der Waals surface area contributed by atoms with Crippen molar-refractivity contribution in [2.45, 2.75) is 25.4 Å². The molecule has 0 radical (unpaired) electrons. The number of rotatable bonds is 4. The SMILES string of the molecule is COc1cc(C(F)(F)F)ccc1C(C)CC=O. The first-order valence-electron chi connectivity index (χ1n) is 5.09. The van der Waals surface area contributed by atoms with Crippen molar-refractivity contribution in [2.75, 3.05) is 7.11 Å². The third-order valence-corrected chi connectivity index (χ3v) is 2.54. The zero-order chi connectivity index (χ0) is 13.1. The first kappa shape index (κ1) is 13.5. The quantitative estimate of drug-likeness (QED) is 0.761. The normalized spacial score (nSPS) is 13.2. The molecule has 1 rings (SSSR count). The monoisotopic (exact) mass is 246 g/mol. The molecule has 0 bridgehead atoms. The van der Waals surface area contributed by atoms with E-state index in [-0.39, 0.29) is 18.1 Å². The molecule has 0 aliphatic carbocycles. The second-order valence-corrected chi connectivity index (χ2v) is 3.76. The molecule has 1 unspecified atom stereocenters. The fourth-order valence-corrected chi connectivity index (χ4v) is 1.57. The van der Waals surface area contributed by atoms with Gasteiger partial charge in [-0.3, -0.25) is 0 Å². The molecular weight excluding hydrogens is 233 g/mol. The molecule has 0 aliphatic rings. The summed E-state index contributed by atoms with van der Waals surface area (Å²) in [5.74, 6) is -0.00101. The van der Waals surface area contributed by atoms with Gasteiger partial charge in [0, 0.05) is 6.42 Å². The van der Waals surface area contributed by atoms with E-state index < -0.39 is 11.7 Å². The molecule has 0 fully saturated rings. The predicted octanol–water partition coefficient (Wildman–Crippen LogP) is 3.41. The van der Waals surface area contributed by atoms with Crippen LogP contribution < -0.4 is 4.74 Å². The Morgan fingerprint density at radius 2 is 2.06 bits per heavy atom. The summed E-state index contributed by atoms with van der Waals surface area (Å²) in [6.45, 7) is 1.76. The first-order chi connectivity index (χ1) is 7.90. The Balaban J connectivity index is 3.14. The number of aldehydes is 1. The molecule has 1 aromatic carbocycles. The Bertz CT molecular complexity index is 399. The maximum atomic E-state index is 12.5. The Labute approximate surface area is 97.4 Å². The lowest BCUT2D eigenvalue weighted by atomic mass is 9.96. The Hall–Kier alpha value is -1.52. The molecule has 0 saturated carbocycles. The van der Waals surface area contributed by atoms with E-state index in [0.29, 0.717) is 5.56 Å². The molecule has 0 saturated heterocycles. The van der Waals surface area contributed by atoms with Crippen LogP contribution in [-0.4, -0.2) is 13.4 Å². The summed E-state index contributed by atoms with van der Waals surface area (Å²) in [5.41, 5.74) is -0.149. The van der Waals surface area contributed by atoms with Crippen molar-refractivity contribution >= 4 is 6.29 Å². The standard InChI is InChI=1S/C12H13F3O2/c1-8(5-6-16)10-4-3-9(12(13,14)15)7-11(10)17-2/h3-4,6-8H,5H2,1-2H3. The molecule has 2 nitrogen and oxygen atoms in total. The molecule has 1 atom stereocenters. The van der Waals surface area contributed by atoms with E-state index in [4.69, 9.17) is 4.74 Å². The highest BCUT2D eigenvalue weighted by atomic mass is 19.4. The van der Waals surface area contributed by atoms with Gasteiger partial charge in [-0.1, -0.05) is 13.0 Å². The lowest BCUT2D eigenvalue weighted by molar-refractivity contribution is -0.137. The fraction of sp³-hybridized carbons (Fsp3) is 0.417. The van der Waals surface area contributed by atoms with E-state index in [1.165, 1.54) is 13.2 Å². The van der Waals surface area contributed by atoms with Gasteiger partial charge in [-0.05, 0) is 23.6 Å². The molecular formula is C12H13F3O2. The molecule has 1 aromatic rings. The van der Waals surface area contributed by atoms with Crippen LogP contribution in [0.3, 0.4) is 0 Å². The molecule has 0 spiro atoms. The highest BCUT2D eigenvalue weighted by Crippen LogP contribution is 2.35. The molecule has 0 aliphatic heterocycles. The van der Waals surface area contributed by atoms with E-state index in [1.807, 2.05) is 0 Å². The molecule has 94 valence electrons. The number of ether oxygens (including phenoxy) is 1. The zero-order valence-electron chi connectivity index (χ0n) is 9.54. The number of hydrogen-bond acceptors (Lipinski definition) is 2. The second kappa shape index (κ2) is 5.21. The largest absolute Gasteiger partial charge is 0.496 e. The Morgan fingerprint density at radius 3 is 2.53 bits per heavy atom. The molecule has 5 heteroatoms. The number of halogens is 3. The maximum Gasteiger partial charge on any atom is 0.416 e. The number of alkyl halides is 3. The smallest absolute Gasteiger partial charge is 0.416 e. The molecule has 0 amide bonds.